The predicted molar refractivity (Wildman–Crippen MR) is 74.5 cm³/mol. The van der Waals surface area contributed by atoms with E-state index < -0.39 is 0 Å². The molecule has 108 valence electrons. The fraction of sp³-hybridized carbons (Fsp3) is 0.571. The van der Waals surface area contributed by atoms with Gasteiger partial charge in [0.15, 0.2) is 0 Å². The zero-order chi connectivity index (χ0) is 14.1. The van der Waals surface area contributed by atoms with Crippen LogP contribution in [0.2, 0.25) is 0 Å². The molecule has 3 N–H and O–H groups in total. The Morgan fingerprint density at radius 3 is 2.05 bits per heavy atom. The van der Waals surface area contributed by atoms with Crippen molar-refractivity contribution in [3.05, 3.63) is 23.3 Å². The molecule has 0 unspecified atom stereocenters. The first-order valence-corrected chi connectivity index (χ1v) is 6.41. The molecule has 0 aliphatic rings. The number of hydrogen-bond donors (Lipinski definition) is 2. The van der Waals surface area contributed by atoms with Crippen molar-refractivity contribution in [3.8, 4) is 5.75 Å². The molecule has 0 fully saturated rings. The van der Waals surface area contributed by atoms with Crippen LogP contribution in [0.3, 0.4) is 0 Å². The van der Waals surface area contributed by atoms with Crippen molar-refractivity contribution in [2.45, 2.75) is 13.8 Å². The highest BCUT2D eigenvalue weighted by Gasteiger charge is 2.04. The van der Waals surface area contributed by atoms with E-state index in [1.165, 1.54) is 0 Å². The fourth-order valence-corrected chi connectivity index (χ4v) is 1.80. The summed E-state index contributed by atoms with van der Waals surface area (Å²) >= 11 is 0. The van der Waals surface area contributed by atoms with Crippen molar-refractivity contribution in [2.24, 2.45) is 0 Å². The molecule has 0 aliphatic heterocycles. The molecular formula is C14H23NO4. The quantitative estimate of drug-likeness (QED) is 0.522. The Morgan fingerprint density at radius 1 is 0.947 bits per heavy atom. The summed E-state index contributed by atoms with van der Waals surface area (Å²) in [6.07, 6.45) is 0. The lowest BCUT2D eigenvalue weighted by atomic mass is 10.1. The molecule has 1 rings (SSSR count). The minimum atomic E-state index is 0.0405. The number of aryl methyl sites for hydroxylation is 2. The van der Waals surface area contributed by atoms with E-state index >= 15 is 0 Å². The number of nitrogen functional groups attached to an aromatic ring is 1. The van der Waals surface area contributed by atoms with Gasteiger partial charge in [-0.25, -0.2) is 0 Å². The highest BCUT2D eigenvalue weighted by Crippen LogP contribution is 2.25. The van der Waals surface area contributed by atoms with Gasteiger partial charge in [0.25, 0.3) is 0 Å². The Balaban J connectivity index is 2.19. The van der Waals surface area contributed by atoms with Crippen LogP contribution in [0.25, 0.3) is 0 Å². The Bertz CT molecular complexity index is 359. The van der Waals surface area contributed by atoms with Crippen molar-refractivity contribution in [2.75, 3.05) is 45.4 Å². The average molecular weight is 269 g/mol. The van der Waals surface area contributed by atoms with Crippen molar-refractivity contribution in [3.63, 3.8) is 0 Å². The molecule has 0 saturated carbocycles. The van der Waals surface area contributed by atoms with Gasteiger partial charge in [0.1, 0.15) is 12.4 Å². The molecule has 0 amide bonds. The summed E-state index contributed by atoms with van der Waals surface area (Å²) in [6, 6.07) is 3.79. The smallest absolute Gasteiger partial charge is 0.125 e. The second-order valence-corrected chi connectivity index (χ2v) is 4.28. The zero-order valence-corrected chi connectivity index (χ0v) is 11.6. The van der Waals surface area contributed by atoms with Crippen LogP contribution in [-0.4, -0.2) is 44.7 Å². The van der Waals surface area contributed by atoms with Gasteiger partial charge in [-0.2, -0.15) is 0 Å². The Labute approximate surface area is 114 Å². The second-order valence-electron chi connectivity index (χ2n) is 4.28. The lowest BCUT2D eigenvalue weighted by Gasteiger charge is -2.13. The molecule has 0 atom stereocenters. The zero-order valence-electron chi connectivity index (χ0n) is 11.6. The van der Waals surface area contributed by atoms with Gasteiger partial charge in [-0.05, 0) is 37.1 Å². The molecule has 0 spiro atoms. The van der Waals surface area contributed by atoms with Gasteiger partial charge in [-0.15, -0.1) is 0 Å². The van der Waals surface area contributed by atoms with Gasteiger partial charge >= 0.3 is 0 Å². The van der Waals surface area contributed by atoms with Crippen LogP contribution in [0.4, 0.5) is 5.69 Å². The van der Waals surface area contributed by atoms with Crippen LogP contribution in [-0.2, 0) is 9.47 Å². The first-order chi connectivity index (χ1) is 9.15. The topological polar surface area (TPSA) is 73.9 Å². The van der Waals surface area contributed by atoms with E-state index in [1.54, 1.807) is 0 Å². The minimum absolute atomic E-state index is 0.0405. The number of rotatable bonds is 9. The van der Waals surface area contributed by atoms with E-state index in [1.807, 2.05) is 26.0 Å². The largest absolute Gasteiger partial charge is 0.491 e. The minimum Gasteiger partial charge on any atom is -0.491 e. The van der Waals surface area contributed by atoms with Crippen LogP contribution in [0.1, 0.15) is 11.1 Å². The third kappa shape index (κ3) is 5.92. The summed E-state index contributed by atoms with van der Waals surface area (Å²) < 4.78 is 16.1. The third-order valence-corrected chi connectivity index (χ3v) is 2.56. The molecule has 0 bridgehead atoms. The van der Waals surface area contributed by atoms with Gasteiger partial charge in [-0.1, -0.05) is 0 Å². The summed E-state index contributed by atoms with van der Waals surface area (Å²) in [4.78, 5) is 0. The van der Waals surface area contributed by atoms with Crippen LogP contribution >= 0.6 is 0 Å². The summed E-state index contributed by atoms with van der Waals surface area (Å²) in [5.41, 5.74) is 8.56. The van der Waals surface area contributed by atoms with Crippen LogP contribution in [0, 0.1) is 13.8 Å². The number of ether oxygens (including phenoxy) is 3. The number of hydrogen-bond acceptors (Lipinski definition) is 5. The van der Waals surface area contributed by atoms with Crippen molar-refractivity contribution in [1.29, 1.82) is 0 Å². The maximum Gasteiger partial charge on any atom is 0.125 e. The van der Waals surface area contributed by atoms with E-state index in [2.05, 4.69) is 0 Å². The Hall–Kier alpha value is -1.30. The molecule has 0 saturated heterocycles. The van der Waals surface area contributed by atoms with Gasteiger partial charge in [0, 0.05) is 5.69 Å². The molecule has 1 aromatic carbocycles. The van der Waals surface area contributed by atoms with Crippen LogP contribution in [0.5, 0.6) is 5.75 Å². The van der Waals surface area contributed by atoms with Gasteiger partial charge in [-0.3, -0.25) is 0 Å². The molecule has 0 aliphatic carbocycles. The average Bonchev–Trinajstić information content (AvgIpc) is 2.35. The second kappa shape index (κ2) is 8.74. The number of aliphatic hydroxyl groups excluding tert-OH is 1. The Kier molecular flexibility index (Phi) is 7.25. The summed E-state index contributed by atoms with van der Waals surface area (Å²) in [6.45, 7) is 6.33. The lowest BCUT2D eigenvalue weighted by Crippen LogP contribution is -2.12. The molecule has 0 heterocycles. The number of nitrogens with two attached hydrogens (primary N) is 1. The number of aliphatic hydroxyl groups is 1. The van der Waals surface area contributed by atoms with Crippen molar-refractivity contribution in [1.82, 2.24) is 0 Å². The maximum absolute atomic E-state index is 8.51. The normalized spacial score (nSPS) is 10.7. The summed E-state index contributed by atoms with van der Waals surface area (Å²) in [5, 5.41) is 8.51. The van der Waals surface area contributed by atoms with Crippen molar-refractivity contribution < 1.29 is 19.3 Å². The molecule has 0 radical (unpaired) electrons. The molecule has 0 aromatic heterocycles. The molecule has 5 heteroatoms. The molecular weight excluding hydrogens is 246 g/mol. The highest BCUT2D eigenvalue weighted by molar-refractivity contribution is 5.52. The molecule has 1 aromatic rings. The monoisotopic (exact) mass is 269 g/mol. The predicted octanol–water partition coefficient (Wildman–Crippen LogP) is 1.29. The number of anilines is 1. The van der Waals surface area contributed by atoms with Crippen LogP contribution in [0.15, 0.2) is 12.1 Å². The molecule has 19 heavy (non-hydrogen) atoms. The fourth-order valence-electron chi connectivity index (χ4n) is 1.80. The SMILES string of the molecule is Cc1cc(N)cc(C)c1OCCOCCOCCO. The standard InChI is InChI=1S/C14H23NO4/c1-11-9-13(15)10-12(2)14(11)19-8-7-18-6-5-17-4-3-16/h9-10,16H,3-8,15H2,1-2H3. The lowest BCUT2D eigenvalue weighted by molar-refractivity contribution is 0.0246. The van der Waals surface area contributed by atoms with E-state index in [9.17, 15) is 0 Å². The Morgan fingerprint density at radius 2 is 1.47 bits per heavy atom. The first kappa shape index (κ1) is 15.8. The van der Waals surface area contributed by atoms with E-state index in [0.29, 0.717) is 33.0 Å². The van der Waals surface area contributed by atoms with Gasteiger partial charge in [0.05, 0.1) is 33.0 Å². The van der Waals surface area contributed by atoms with Gasteiger partial charge < -0.3 is 25.1 Å². The summed E-state index contributed by atoms with van der Waals surface area (Å²) in [7, 11) is 0. The first-order valence-electron chi connectivity index (χ1n) is 6.41. The summed E-state index contributed by atoms with van der Waals surface area (Å²) in [5.74, 6) is 0.870. The third-order valence-electron chi connectivity index (χ3n) is 2.56. The van der Waals surface area contributed by atoms with E-state index in [4.69, 9.17) is 25.1 Å². The maximum atomic E-state index is 8.51. The van der Waals surface area contributed by atoms with E-state index in [-0.39, 0.29) is 6.61 Å². The molecule has 5 nitrogen and oxygen atoms in total. The van der Waals surface area contributed by atoms with Crippen LogP contribution < -0.4 is 10.5 Å². The number of benzene rings is 1. The van der Waals surface area contributed by atoms with Crippen molar-refractivity contribution >= 4 is 5.69 Å². The highest BCUT2D eigenvalue weighted by atomic mass is 16.5. The van der Waals surface area contributed by atoms with E-state index in [0.717, 1.165) is 22.6 Å². The van der Waals surface area contributed by atoms with Gasteiger partial charge in [0.2, 0.25) is 0 Å².